The highest BCUT2D eigenvalue weighted by Gasteiger charge is 2.15. The van der Waals surface area contributed by atoms with Crippen LogP contribution in [0.2, 0.25) is 0 Å². The molecule has 0 unspecified atom stereocenters. The molecule has 0 saturated heterocycles. The Hall–Kier alpha value is -1.33. The quantitative estimate of drug-likeness (QED) is 0.688. The van der Waals surface area contributed by atoms with Crippen LogP contribution in [0.15, 0.2) is 18.2 Å². The maximum absolute atomic E-state index is 13.1. The van der Waals surface area contributed by atoms with Crippen LogP contribution in [0.3, 0.4) is 0 Å². The van der Waals surface area contributed by atoms with Gasteiger partial charge in [-0.15, -0.1) is 0 Å². The number of hydrogen-bond donors (Lipinski definition) is 0. The van der Waals surface area contributed by atoms with Crippen LogP contribution in [0.5, 0.6) is 0 Å². The van der Waals surface area contributed by atoms with Crippen molar-refractivity contribution in [2.24, 2.45) is 5.92 Å². The minimum atomic E-state index is -0.997. The molecule has 5 heteroatoms. The Kier molecular flexibility index (Phi) is 6.75. The predicted octanol–water partition coefficient (Wildman–Crippen LogP) is 2.75. The lowest BCUT2D eigenvalue weighted by Gasteiger charge is -2.23. The van der Waals surface area contributed by atoms with Crippen molar-refractivity contribution in [3.63, 3.8) is 0 Å². The summed E-state index contributed by atoms with van der Waals surface area (Å²) in [5, 5.41) is 0. The minimum Gasteiger partial charge on any atom is -0.383 e. The molecular weight excluding hydrogens is 264 g/mol. The van der Waals surface area contributed by atoms with E-state index in [1.54, 1.807) is 7.11 Å². The number of carbonyl (C=O) groups excluding carboxylic acids is 1. The van der Waals surface area contributed by atoms with Gasteiger partial charge >= 0.3 is 0 Å². The zero-order valence-corrected chi connectivity index (χ0v) is 12.2. The van der Waals surface area contributed by atoms with Gasteiger partial charge in [0, 0.05) is 25.8 Å². The predicted molar refractivity (Wildman–Crippen MR) is 73.8 cm³/mol. The van der Waals surface area contributed by atoms with E-state index in [4.69, 9.17) is 4.74 Å². The van der Waals surface area contributed by atoms with Gasteiger partial charge in [0.05, 0.1) is 13.2 Å². The summed E-state index contributed by atoms with van der Waals surface area (Å²) in [7, 11) is 1.60. The van der Waals surface area contributed by atoms with Gasteiger partial charge in [0.15, 0.2) is 17.4 Å². The molecule has 20 heavy (non-hydrogen) atoms. The molecule has 0 fully saturated rings. The highest BCUT2D eigenvalue weighted by atomic mass is 19.2. The lowest BCUT2D eigenvalue weighted by Crippen LogP contribution is -2.35. The van der Waals surface area contributed by atoms with Gasteiger partial charge in [-0.25, -0.2) is 8.78 Å². The Labute approximate surface area is 118 Å². The van der Waals surface area contributed by atoms with Crippen LogP contribution in [0.25, 0.3) is 0 Å². The van der Waals surface area contributed by atoms with Crippen molar-refractivity contribution < 1.29 is 18.3 Å². The van der Waals surface area contributed by atoms with Gasteiger partial charge in [-0.05, 0) is 24.1 Å². The van der Waals surface area contributed by atoms with Crippen molar-refractivity contribution in [2.75, 3.05) is 33.4 Å². The van der Waals surface area contributed by atoms with E-state index in [2.05, 4.69) is 13.8 Å². The molecule has 1 aromatic carbocycles. The Morgan fingerprint density at radius 3 is 2.55 bits per heavy atom. The summed E-state index contributed by atoms with van der Waals surface area (Å²) in [6.45, 7) is 6.19. The lowest BCUT2D eigenvalue weighted by atomic mass is 10.1. The number of halogens is 2. The number of nitrogens with zero attached hydrogens (tertiary/aromatic N) is 1. The first-order chi connectivity index (χ1) is 9.43. The van der Waals surface area contributed by atoms with E-state index in [0.717, 1.165) is 18.7 Å². The third-order valence-electron chi connectivity index (χ3n) is 2.84. The SMILES string of the molecule is COCCN(CC(=O)c1ccc(F)c(F)c1)CC(C)C. The second kappa shape index (κ2) is 8.07. The summed E-state index contributed by atoms with van der Waals surface area (Å²) >= 11 is 0. The third-order valence-corrected chi connectivity index (χ3v) is 2.84. The van der Waals surface area contributed by atoms with Crippen LogP contribution in [-0.4, -0.2) is 44.0 Å². The number of ether oxygens (including phenoxy) is 1. The second-order valence-electron chi connectivity index (χ2n) is 5.17. The Bertz CT molecular complexity index is 449. The summed E-state index contributed by atoms with van der Waals surface area (Å²) in [4.78, 5) is 14.0. The summed E-state index contributed by atoms with van der Waals surface area (Å²) < 4.78 is 31.0. The Morgan fingerprint density at radius 1 is 1.30 bits per heavy atom. The molecule has 0 radical (unpaired) electrons. The fraction of sp³-hybridized carbons (Fsp3) is 0.533. The first-order valence-corrected chi connectivity index (χ1v) is 6.63. The van der Waals surface area contributed by atoms with Gasteiger partial charge in [0.2, 0.25) is 0 Å². The smallest absolute Gasteiger partial charge is 0.176 e. The number of ketones is 1. The third kappa shape index (κ3) is 5.35. The van der Waals surface area contributed by atoms with Crippen molar-refractivity contribution in [1.29, 1.82) is 0 Å². The first-order valence-electron chi connectivity index (χ1n) is 6.63. The molecule has 1 aromatic rings. The molecule has 0 heterocycles. The van der Waals surface area contributed by atoms with Crippen LogP contribution in [0, 0.1) is 17.6 Å². The summed E-state index contributed by atoms with van der Waals surface area (Å²) in [6.07, 6.45) is 0. The van der Waals surface area contributed by atoms with Crippen molar-refractivity contribution in [3.8, 4) is 0 Å². The van der Waals surface area contributed by atoms with E-state index < -0.39 is 11.6 Å². The number of benzene rings is 1. The molecular formula is C15H21F2NO2. The van der Waals surface area contributed by atoms with Crippen LogP contribution in [0.4, 0.5) is 8.78 Å². The molecule has 0 spiro atoms. The van der Waals surface area contributed by atoms with E-state index in [1.807, 2.05) is 4.90 Å². The fourth-order valence-corrected chi connectivity index (χ4v) is 1.94. The summed E-state index contributed by atoms with van der Waals surface area (Å²) in [5.74, 6) is -1.76. The lowest BCUT2D eigenvalue weighted by molar-refractivity contribution is 0.0880. The molecule has 0 bridgehead atoms. The average molecular weight is 285 g/mol. The molecule has 1 rings (SSSR count). The van der Waals surface area contributed by atoms with Crippen molar-refractivity contribution in [1.82, 2.24) is 4.90 Å². The number of carbonyl (C=O) groups is 1. The standard InChI is InChI=1S/C15H21F2NO2/c1-11(2)9-18(6-7-20-3)10-15(19)12-4-5-13(16)14(17)8-12/h4-5,8,11H,6-7,9-10H2,1-3H3. The molecule has 0 aromatic heterocycles. The highest BCUT2D eigenvalue weighted by Crippen LogP contribution is 2.10. The largest absolute Gasteiger partial charge is 0.383 e. The topological polar surface area (TPSA) is 29.5 Å². The normalized spacial score (nSPS) is 11.3. The van der Waals surface area contributed by atoms with E-state index >= 15 is 0 Å². The molecule has 112 valence electrons. The highest BCUT2D eigenvalue weighted by molar-refractivity contribution is 5.97. The van der Waals surface area contributed by atoms with Crippen molar-refractivity contribution in [3.05, 3.63) is 35.4 Å². The summed E-state index contributed by atoms with van der Waals surface area (Å²) in [6, 6.07) is 3.23. The summed E-state index contributed by atoms with van der Waals surface area (Å²) in [5.41, 5.74) is 0.190. The maximum atomic E-state index is 13.1. The van der Waals surface area contributed by atoms with Crippen molar-refractivity contribution >= 4 is 5.78 Å². The monoisotopic (exact) mass is 285 g/mol. The molecule has 0 amide bonds. The molecule has 0 saturated carbocycles. The molecule has 3 nitrogen and oxygen atoms in total. The van der Waals surface area contributed by atoms with Crippen LogP contribution < -0.4 is 0 Å². The number of hydrogen-bond acceptors (Lipinski definition) is 3. The van der Waals surface area contributed by atoms with E-state index in [-0.39, 0.29) is 17.9 Å². The van der Waals surface area contributed by atoms with Gasteiger partial charge in [0.25, 0.3) is 0 Å². The molecule has 0 aliphatic heterocycles. The van der Waals surface area contributed by atoms with E-state index in [1.165, 1.54) is 6.07 Å². The molecule has 0 aliphatic carbocycles. The minimum absolute atomic E-state index is 0.173. The molecule has 0 atom stereocenters. The van der Waals surface area contributed by atoms with E-state index in [9.17, 15) is 13.6 Å². The van der Waals surface area contributed by atoms with Gasteiger partial charge in [-0.1, -0.05) is 13.8 Å². The number of methoxy groups -OCH3 is 1. The first kappa shape index (κ1) is 16.7. The van der Waals surface area contributed by atoms with E-state index in [0.29, 0.717) is 19.1 Å². The number of Topliss-reactive ketones (excluding diaryl/α,β-unsaturated/α-hetero) is 1. The number of rotatable bonds is 8. The Morgan fingerprint density at radius 2 is 2.00 bits per heavy atom. The van der Waals surface area contributed by atoms with Gasteiger partial charge < -0.3 is 4.74 Å². The second-order valence-corrected chi connectivity index (χ2v) is 5.17. The fourth-order valence-electron chi connectivity index (χ4n) is 1.94. The zero-order valence-electron chi connectivity index (χ0n) is 12.2. The van der Waals surface area contributed by atoms with Crippen LogP contribution in [0.1, 0.15) is 24.2 Å². The van der Waals surface area contributed by atoms with Gasteiger partial charge in [-0.2, -0.15) is 0 Å². The van der Waals surface area contributed by atoms with Gasteiger partial charge in [-0.3, -0.25) is 9.69 Å². The average Bonchev–Trinajstić information content (AvgIpc) is 2.38. The Balaban J connectivity index is 2.70. The van der Waals surface area contributed by atoms with Gasteiger partial charge in [0.1, 0.15) is 0 Å². The van der Waals surface area contributed by atoms with Crippen LogP contribution in [-0.2, 0) is 4.74 Å². The maximum Gasteiger partial charge on any atom is 0.176 e. The van der Waals surface area contributed by atoms with Crippen LogP contribution >= 0.6 is 0 Å². The molecule has 0 N–H and O–H groups in total. The molecule has 0 aliphatic rings. The zero-order chi connectivity index (χ0) is 15.1. The van der Waals surface area contributed by atoms with Crippen molar-refractivity contribution in [2.45, 2.75) is 13.8 Å².